The number of nitrogens with zero attached hydrogens (tertiary/aromatic N) is 2. The van der Waals surface area contributed by atoms with E-state index >= 15 is 0 Å². The predicted molar refractivity (Wildman–Crippen MR) is 105 cm³/mol. The Kier molecular flexibility index (Phi) is 4.19. The summed E-state index contributed by atoms with van der Waals surface area (Å²) in [4.78, 5) is 0.229. The van der Waals surface area contributed by atoms with Crippen molar-refractivity contribution in [2.45, 2.75) is 41.5 Å². The molecule has 0 radical (unpaired) electrons. The van der Waals surface area contributed by atoms with E-state index in [0.717, 1.165) is 0 Å². The molecular weight excluding hydrogens is 415 g/mol. The molecule has 0 amide bonds. The number of hydrogen-bond donors (Lipinski definition) is 0. The van der Waals surface area contributed by atoms with Gasteiger partial charge in [-0.3, -0.25) is 0 Å². The van der Waals surface area contributed by atoms with Gasteiger partial charge in [-0.1, -0.05) is 30.3 Å². The lowest BCUT2D eigenvalue weighted by atomic mass is 9.88. The molecule has 3 aliphatic rings. The van der Waals surface area contributed by atoms with Gasteiger partial charge < -0.3 is 0 Å². The topological polar surface area (TPSA) is 74.8 Å². The van der Waals surface area contributed by atoms with Gasteiger partial charge in [-0.05, 0) is 48.6 Å². The molecule has 2 heterocycles. The molecule has 1 atom stereocenters. The van der Waals surface area contributed by atoms with Crippen molar-refractivity contribution in [1.29, 1.82) is 0 Å². The zero-order valence-electron chi connectivity index (χ0n) is 15.7. The summed E-state index contributed by atoms with van der Waals surface area (Å²) in [5.41, 5.74) is 0.368. The van der Waals surface area contributed by atoms with Gasteiger partial charge >= 0.3 is 0 Å². The molecule has 0 unspecified atom stereocenters. The normalized spacial score (nSPS) is 26.8. The quantitative estimate of drug-likeness (QED) is 0.738. The standard InChI is InChI=1S/C20H21FN2O4S2/c21-16-7-5-15(6-8-16)13-23-20(18-3-1-2-4-19(18)29(23,26)27)11-12-22(14-20)28(24,25)17-9-10-17/h1-8,17H,9-14H2/t20-/m0/s1. The molecule has 154 valence electrons. The molecule has 9 heteroatoms. The zero-order valence-corrected chi connectivity index (χ0v) is 17.3. The Morgan fingerprint density at radius 1 is 1.07 bits per heavy atom. The average Bonchev–Trinajstić information content (AvgIpc) is 3.44. The average molecular weight is 437 g/mol. The van der Waals surface area contributed by atoms with Crippen LogP contribution >= 0.6 is 0 Å². The van der Waals surface area contributed by atoms with Gasteiger partial charge in [0.25, 0.3) is 0 Å². The molecule has 5 rings (SSSR count). The van der Waals surface area contributed by atoms with Crippen LogP contribution in [0.1, 0.15) is 30.4 Å². The highest BCUT2D eigenvalue weighted by Gasteiger charge is 2.59. The van der Waals surface area contributed by atoms with Crippen molar-refractivity contribution in [3.05, 3.63) is 65.5 Å². The van der Waals surface area contributed by atoms with Crippen LogP contribution in [0.4, 0.5) is 4.39 Å². The highest BCUT2D eigenvalue weighted by Crippen LogP contribution is 2.51. The summed E-state index contributed by atoms with van der Waals surface area (Å²) in [6, 6.07) is 12.6. The van der Waals surface area contributed by atoms with E-state index in [2.05, 4.69) is 0 Å². The van der Waals surface area contributed by atoms with Crippen LogP contribution in [0.2, 0.25) is 0 Å². The molecular formula is C20H21FN2O4S2. The molecule has 1 saturated carbocycles. The van der Waals surface area contributed by atoms with E-state index in [1.165, 1.54) is 20.7 Å². The number of fused-ring (bicyclic) bond motifs is 2. The zero-order chi connectivity index (χ0) is 20.4. The lowest BCUT2D eigenvalue weighted by molar-refractivity contribution is 0.203. The summed E-state index contributed by atoms with van der Waals surface area (Å²) in [7, 11) is -7.21. The van der Waals surface area contributed by atoms with Crippen LogP contribution in [0.5, 0.6) is 0 Å². The molecule has 0 bridgehead atoms. The van der Waals surface area contributed by atoms with E-state index in [-0.39, 0.29) is 23.2 Å². The number of sulfonamides is 2. The molecule has 1 saturated heterocycles. The molecule has 2 aromatic rings. The van der Waals surface area contributed by atoms with Crippen molar-refractivity contribution in [2.24, 2.45) is 0 Å². The van der Waals surface area contributed by atoms with Gasteiger partial charge in [0.15, 0.2) is 0 Å². The van der Waals surface area contributed by atoms with Crippen molar-refractivity contribution >= 4 is 20.0 Å². The van der Waals surface area contributed by atoms with E-state index in [1.807, 2.05) is 0 Å². The van der Waals surface area contributed by atoms with Gasteiger partial charge in [0.1, 0.15) is 5.82 Å². The van der Waals surface area contributed by atoms with Crippen LogP contribution in [0, 0.1) is 5.82 Å². The Balaban J connectivity index is 1.59. The molecule has 2 fully saturated rings. The van der Waals surface area contributed by atoms with Crippen molar-refractivity contribution in [1.82, 2.24) is 8.61 Å². The second kappa shape index (κ2) is 6.34. The van der Waals surface area contributed by atoms with E-state index in [4.69, 9.17) is 0 Å². The van der Waals surface area contributed by atoms with Crippen LogP contribution in [0.15, 0.2) is 53.4 Å². The first-order valence-electron chi connectivity index (χ1n) is 9.61. The van der Waals surface area contributed by atoms with Gasteiger partial charge in [0.2, 0.25) is 20.0 Å². The van der Waals surface area contributed by atoms with Crippen LogP contribution in [-0.2, 0) is 32.1 Å². The minimum Gasteiger partial charge on any atom is -0.212 e. The first kappa shape index (κ1) is 19.2. The van der Waals surface area contributed by atoms with Gasteiger partial charge in [0.05, 0.1) is 15.7 Å². The summed E-state index contributed by atoms with van der Waals surface area (Å²) >= 11 is 0. The maximum Gasteiger partial charge on any atom is 0.244 e. The maximum absolute atomic E-state index is 13.4. The molecule has 1 aliphatic carbocycles. The number of benzene rings is 2. The maximum atomic E-state index is 13.4. The molecule has 0 N–H and O–H groups in total. The fourth-order valence-corrected chi connectivity index (χ4v) is 8.47. The van der Waals surface area contributed by atoms with E-state index in [0.29, 0.717) is 36.9 Å². The molecule has 2 aromatic carbocycles. The molecule has 6 nitrogen and oxygen atoms in total. The number of rotatable bonds is 4. The third-order valence-electron chi connectivity index (χ3n) is 6.19. The Hall–Kier alpha value is -1.81. The summed E-state index contributed by atoms with van der Waals surface area (Å²) in [5.74, 6) is -0.390. The van der Waals surface area contributed by atoms with Gasteiger partial charge in [-0.2, -0.15) is 8.61 Å². The molecule has 1 spiro atoms. The minimum absolute atomic E-state index is 0.0641. The third kappa shape index (κ3) is 2.86. The molecule has 2 aliphatic heterocycles. The fourth-order valence-electron chi connectivity index (χ4n) is 4.53. The van der Waals surface area contributed by atoms with Crippen molar-refractivity contribution in [3.63, 3.8) is 0 Å². The van der Waals surface area contributed by atoms with E-state index < -0.39 is 31.4 Å². The first-order valence-corrected chi connectivity index (χ1v) is 12.6. The summed E-state index contributed by atoms with van der Waals surface area (Å²) in [6.07, 6.45) is 1.73. The largest absolute Gasteiger partial charge is 0.244 e. The Morgan fingerprint density at radius 3 is 2.45 bits per heavy atom. The monoisotopic (exact) mass is 436 g/mol. The number of hydrogen-bond acceptors (Lipinski definition) is 4. The van der Waals surface area contributed by atoms with E-state index in [1.54, 1.807) is 36.4 Å². The SMILES string of the molecule is O=S1(=O)c2ccccc2[C@@]2(CCN(S(=O)(=O)C3CC3)C2)N1Cc1ccc(F)cc1. The lowest BCUT2D eigenvalue weighted by Gasteiger charge is -2.34. The minimum atomic E-state index is -3.80. The Labute approximate surface area is 170 Å². The van der Waals surface area contributed by atoms with Crippen LogP contribution in [0.3, 0.4) is 0 Å². The van der Waals surface area contributed by atoms with Crippen molar-refractivity contribution in [2.75, 3.05) is 13.1 Å². The first-order chi connectivity index (χ1) is 13.7. The van der Waals surface area contributed by atoms with Gasteiger partial charge in [-0.15, -0.1) is 0 Å². The van der Waals surface area contributed by atoms with E-state index in [9.17, 15) is 21.2 Å². The highest BCUT2D eigenvalue weighted by atomic mass is 32.2. The van der Waals surface area contributed by atoms with Crippen LogP contribution < -0.4 is 0 Å². The highest BCUT2D eigenvalue weighted by molar-refractivity contribution is 7.90. The fraction of sp³-hybridized carbons (Fsp3) is 0.400. The third-order valence-corrected chi connectivity index (χ3v) is 10.5. The van der Waals surface area contributed by atoms with Gasteiger partial charge in [-0.25, -0.2) is 21.2 Å². The van der Waals surface area contributed by atoms with Crippen molar-refractivity contribution in [3.8, 4) is 0 Å². The Bertz CT molecular complexity index is 1180. The molecule has 29 heavy (non-hydrogen) atoms. The molecule has 0 aromatic heterocycles. The van der Waals surface area contributed by atoms with Crippen molar-refractivity contribution < 1.29 is 21.2 Å². The van der Waals surface area contributed by atoms with Crippen LogP contribution in [-0.4, -0.2) is 43.8 Å². The predicted octanol–water partition coefficient (Wildman–Crippen LogP) is 2.42. The second-order valence-corrected chi connectivity index (χ2v) is 12.0. The smallest absolute Gasteiger partial charge is 0.212 e. The second-order valence-electron chi connectivity index (χ2n) is 7.99. The summed E-state index contributed by atoms with van der Waals surface area (Å²) < 4.78 is 68.7. The summed E-state index contributed by atoms with van der Waals surface area (Å²) in [5, 5.41) is -0.337. The Morgan fingerprint density at radius 2 is 1.76 bits per heavy atom. The lowest BCUT2D eigenvalue weighted by Crippen LogP contribution is -2.46. The van der Waals surface area contributed by atoms with Gasteiger partial charge in [0, 0.05) is 19.6 Å². The van der Waals surface area contributed by atoms with Crippen LogP contribution in [0.25, 0.3) is 0 Å². The number of halogens is 1. The summed E-state index contributed by atoms with van der Waals surface area (Å²) in [6.45, 7) is 0.473.